The van der Waals surface area contributed by atoms with Crippen molar-refractivity contribution >= 4 is 28.8 Å². The summed E-state index contributed by atoms with van der Waals surface area (Å²) in [4.78, 5) is 17.4. The average molecular weight is 378 g/mol. The Bertz CT molecular complexity index is 872. The summed E-state index contributed by atoms with van der Waals surface area (Å²) in [5, 5.41) is 4.94. The van der Waals surface area contributed by atoms with Crippen LogP contribution in [0.4, 0.5) is 5.69 Å². The molecule has 4 nitrogen and oxygen atoms in total. The second kappa shape index (κ2) is 9.69. The van der Waals surface area contributed by atoms with Crippen LogP contribution in [-0.4, -0.2) is 11.7 Å². The third-order valence-corrected chi connectivity index (χ3v) is 5.05. The lowest BCUT2D eigenvalue weighted by molar-refractivity contribution is -0.121. The number of rotatable bonds is 8. The Hall–Kier alpha value is -2.92. The van der Waals surface area contributed by atoms with Crippen LogP contribution in [0.15, 0.2) is 77.1 Å². The van der Waals surface area contributed by atoms with Crippen molar-refractivity contribution in [3.8, 4) is 0 Å². The molecular formula is C22H23N3OS. The van der Waals surface area contributed by atoms with Crippen molar-refractivity contribution in [1.29, 1.82) is 0 Å². The summed E-state index contributed by atoms with van der Waals surface area (Å²) in [6.07, 6.45) is 2.21. The van der Waals surface area contributed by atoms with Gasteiger partial charge in [-0.2, -0.15) is 0 Å². The Morgan fingerprint density at radius 2 is 1.74 bits per heavy atom. The van der Waals surface area contributed by atoms with E-state index in [9.17, 15) is 4.79 Å². The zero-order valence-electron chi connectivity index (χ0n) is 15.1. The standard InChI is InChI=1S/C22H23N3OS/c23-22(20-9-5-15-27-20)25-19-13-11-17(12-14-19)8-4-10-21(26)24-16-18-6-2-1-3-7-18/h1-3,5-7,9,11-15H,4,8,10,16H2,(H2,23,25)(H,24,26). The number of thiophene rings is 1. The van der Waals surface area contributed by atoms with E-state index in [-0.39, 0.29) is 5.91 Å². The number of benzene rings is 2. The van der Waals surface area contributed by atoms with E-state index in [1.165, 1.54) is 5.56 Å². The first-order valence-electron chi connectivity index (χ1n) is 8.98. The molecule has 3 aromatic rings. The van der Waals surface area contributed by atoms with Crippen molar-refractivity contribution in [3.05, 3.63) is 88.1 Å². The molecule has 0 spiro atoms. The van der Waals surface area contributed by atoms with Crippen LogP contribution in [0.3, 0.4) is 0 Å². The molecule has 2 aromatic carbocycles. The SMILES string of the molecule is NC(=Nc1ccc(CCCC(=O)NCc2ccccc2)cc1)c1cccs1. The van der Waals surface area contributed by atoms with Gasteiger partial charge >= 0.3 is 0 Å². The fraction of sp³-hybridized carbons (Fsp3) is 0.182. The third-order valence-electron chi connectivity index (χ3n) is 4.16. The number of amides is 1. The first-order valence-corrected chi connectivity index (χ1v) is 9.86. The predicted octanol–water partition coefficient (Wildman–Crippen LogP) is 4.42. The number of nitrogens with one attached hydrogen (secondary N) is 1. The Kier molecular flexibility index (Phi) is 6.77. The van der Waals surface area contributed by atoms with Crippen molar-refractivity contribution in [3.63, 3.8) is 0 Å². The van der Waals surface area contributed by atoms with Gasteiger partial charge in [-0.15, -0.1) is 11.3 Å². The van der Waals surface area contributed by atoms with Crippen molar-refractivity contribution < 1.29 is 4.79 Å². The molecule has 138 valence electrons. The maximum atomic E-state index is 12.0. The van der Waals surface area contributed by atoms with Gasteiger partial charge in [0.25, 0.3) is 0 Å². The molecule has 3 N–H and O–H groups in total. The summed E-state index contributed by atoms with van der Waals surface area (Å²) in [5.41, 5.74) is 9.16. The number of carbonyl (C=O) groups is 1. The molecule has 0 aliphatic carbocycles. The van der Waals surface area contributed by atoms with Crippen LogP contribution in [-0.2, 0) is 17.8 Å². The number of nitrogens with two attached hydrogens (primary N) is 1. The van der Waals surface area contributed by atoms with E-state index in [0.717, 1.165) is 29.0 Å². The van der Waals surface area contributed by atoms with E-state index in [1.807, 2.05) is 72.1 Å². The van der Waals surface area contributed by atoms with E-state index >= 15 is 0 Å². The second-order valence-electron chi connectivity index (χ2n) is 6.26. The molecule has 1 aromatic heterocycles. The highest BCUT2D eigenvalue weighted by atomic mass is 32.1. The van der Waals surface area contributed by atoms with Gasteiger partial charge in [0, 0.05) is 13.0 Å². The first-order chi connectivity index (χ1) is 13.2. The number of aliphatic imine (C=N–C) groups is 1. The molecule has 0 aliphatic heterocycles. The van der Waals surface area contributed by atoms with Crippen molar-refractivity contribution in [2.24, 2.45) is 10.7 Å². The quantitative estimate of drug-likeness (QED) is 0.451. The Balaban J connectivity index is 1.42. The van der Waals surface area contributed by atoms with E-state index in [4.69, 9.17) is 5.73 Å². The Morgan fingerprint density at radius 3 is 2.44 bits per heavy atom. The van der Waals surface area contributed by atoms with Gasteiger partial charge in [-0.05, 0) is 47.5 Å². The fourth-order valence-corrected chi connectivity index (χ4v) is 3.32. The van der Waals surface area contributed by atoms with Gasteiger partial charge in [0.2, 0.25) is 5.91 Å². The first kappa shape index (κ1) is 18.9. The summed E-state index contributed by atoms with van der Waals surface area (Å²) >= 11 is 1.58. The molecule has 0 aliphatic rings. The highest BCUT2D eigenvalue weighted by Gasteiger charge is 2.03. The highest BCUT2D eigenvalue weighted by Crippen LogP contribution is 2.17. The van der Waals surface area contributed by atoms with Gasteiger partial charge in [-0.25, -0.2) is 4.99 Å². The molecule has 0 bridgehead atoms. The zero-order valence-corrected chi connectivity index (χ0v) is 15.9. The van der Waals surface area contributed by atoms with Crippen molar-refractivity contribution in [2.75, 3.05) is 0 Å². The van der Waals surface area contributed by atoms with Crippen LogP contribution in [0.5, 0.6) is 0 Å². The van der Waals surface area contributed by atoms with Crippen molar-refractivity contribution in [1.82, 2.24) is 5.32 Å². The number of nitrogens with zero attached hydrogens (tertiary/aromatic N) is 1. The van der Waals surface area contributed by atoms with Crippen LogP contribution >= 0.6 is 11.3 Å². The van der Waals surface area contributed by atoms with Crippen LogP contribution < -0.4 is 11.1 Å². The summed E-state index contributed by atoms with van der Waals surface area (Å²) < 4.78 is 0. The lowest BCUT2D eigenvalue weighted by Gasteiger charge is -2.06. The third kappa shape index (κ3) is 6.08. The molecule has 5 heteroatoms. The molecule has 1 heterocycles. The molecule has 0 saturated heterocycles. The molecule has 3 rings (SSSR count). The second-order valence-corrected chi connectivity index (χ2v) is 7.20. The summed E-state index contributed by atoms with van der Waals surface area (Å²) in [5.74, 6) is 0.622. The van der Waals surface area contributed by atoms with Gasteiger partial charge < -0.3 is 11.1 Å². The number of hydrogen-bond acceptors (Lipinski definition) is 3. The molecule has 0 radical (unpaired) electrons. The van der Waals surface area contributed by atoms with Gasteiger partial charge in [-0.3, -0.25) is 4.79 Å². The van der Waals surface area contributed by atoms with Gasteiger partial charge in [-0.1, -0.05) is 48.5 Å². The number of amidine groups is 1. The summed E-state index contributed by atoms with van der Waals surface area (Å²) in [6, 6.07) is 21.9. The van der Waals surface area contributed by atoms with Crippen LogP contribution in [0.1, 0.15) is 28.8 Å². The minimum atomic E-state index is 0.0868. The lowest BCUT2D eigenvalue weighted by atomic mass is 10.1. The van der Waals surface area contributed by atoms with E-state index in [1.54, 1.807) is 11.3 Å². The monoisotopic (exact) mass is 377 g/mol. The Labute approximate surface area is 163 Å². The predicted molar refractivity (Wildman–Crippen MR) is 112 cm³/mol. The van der Waals surface area contributed by atoms with E-state index in [0.29, 0.717) is 18.8 Å². The Morgan fingerprint density at radius 1 is 0.963 bits per heavy atom. The van der Waals surface area contributed by atoms with E-state index < -0.39 is 0 Å². The topological polar surface area (TPSA) is 67.5 Å². The van der Waals surface area contributed by atoms with Gasteiger partial charge in [0.15, 0.2) is 0 Å². The minimum Gasteiger partial charge on any atom is -0.383 e. The molecule has 0 atom stereocenters. The molecule has 0 unspecified atom stereocenters. The van der Waals surface area contributed by atoms with Gasteiger partial charge in [0.1, 0.15) is 5.84 Å². The van der Waals surface area contributed by atoms with Crippen LogP contribution in [0, 0.1) is 0 Å². The zero-order chi connectivity index (χ0) is 18.9. The normalized spacial score (nSPS) is 11.3. The lowest BCUT2D eigenvalue weighted by Crippen LogP contribution is -2.22. The number of aryl methyl sites for hydroxylation is 1. The fourth-order valence-electron chi connectivity index (χ4n) is 2.69. The minimum absolute atomic E-state index is 0.0868. The molecule has 0 saturated carbocycles. The van der Waals surface area contributed by atoms with Crippen LogP contribution in [0.25, 0.3) is 0 Å². The van der Waals surface area contributed by atoms with Gasteiger partial charge in [0.05, 0.1) is 10.6 Å². The average Bonchev–Trinajstić information content (AvgIpc) is 3.24. The number of hydrogen-bond donors (Lipinski definition) is 2. The summed E-state index contributed by atoms with van der Waals surface area (Å²) in [6.45, 7) is 0.581. The molecule has 0 fully saturated rings. The maximum Gasteiger partial charge on any atom is 0.220 e. The van der Waals surface area contributed by atoms with Crippen molar-refractivity contribution in [2.45, 2.75) is 25.8 Å². The van der Waals surface area contributed by atoms with E-state index in [2.05, 4.69) is 10.3 Å². The highest BCUT2D eigenvalue weighted by molar-refractivity contribution is 7.12. The molecule has 1 amide bonds. The molecule has 27 heavy (non-hydrogen) atoms. The number of carbonyl (C=O) groups excluding carboxylic acids is 1. The summed E-state index contributed by atoms with van der Waals surface area (Å²) in [7, 11) is 0. The van der Waals surface area contributed by atoms with Crippen LogP contribution in [0.2, 0.25) is 0 Å². The largest absolute Gasteiger partial charge is 0.383 e. The maximum absolute atomic E-state index is 12.0. The smallest absolute Gasteiger partial charge is 0.220 e. The molecular weight excluding hydrogens is 354 g/mol.